The minimum atomic E-state index is -0.908. The maximum Gasteiger partial charge on any atom is 0.338 e. The first-order valence-electron chi connectivity index (χ1n) is 8.18. The maximum absolute atomic E-state index is 14.3. The minimum Gasteiger partial charge on any atom is -0.465 e. The van der Waals surface area contributed by atoms with E-state index in [0.717, 1.165) is 12.8 Å². The number of carbonyl (C=O) groups is 2. The Hall–Kier alpha value is -2.76. The van der Waals surface area contributed by atoms with Crippen molar-refractivity contribution in [3.8, 4) is 0 Å². The largest absolute Gasteiger partial charge is 0.465 e. The highest BCUT2D eigenvalue weighted by Crippen LogP contribution is 2.43. The molecule has 0 spiro atoms. The molecule has 1 aliphatic rings. The van der Waals surface area contributed by atoms with Crippen LogP contribution in [-0.2, 0) is 14.9 Å². The number of halogens is 1. The lowest BCUT2D eigenvalue weighted by molar-refractivity contribution is -0.121. The van der Waals surface area contributed by atoms with Crippen molar-refractivity contribution in [2.45, 2.75) is 31.1 Å². The molecule has 1 saturated carbocycles. The average Bonchev–Trinajstić information content (AvgIpc) is 3.12. The lowest BCUT2D eigenvalue weighted by Crippen LogP contribution is -2.39. The molecule has 0 saturated heterocycles. The number of anilines is 1. The van der Waals surface area contributed by atoms with Gasteiger partial charge in [0.25, 0.3) is 0 Å². The van der Waals surface area contributed by atoms with E-state index in [4.69, 9.17) is 0 Å². The Bertz CT molecular complexity index is 801. The molecule has 6 heteroatoms. The molecule has 1 aromatic carbocycles. The number of methoxy groups -OCH3 is 1. The molecule has 25 heavy (non-hydrogen) atoms. The van der Waals surface area contributed by atoms with Gasteiger partial charge in [0.15, 0.2) is 0 Å². The maximum atomic E-state index is 14.3. The molecule has 0 bridgehead atoms. The minimum absolute atomic E-state index is 0.246. The number of nitrogens with zero attached hydrogens (tertiary/aromatic N) is 1. The van der Waals surface area contributed by atoms with Crippen molar-refractivity contribution >= 4 is 17.7 Å². The second-order valence-electron chi connectivity index (χ2n) is 6.14. The molecule has 1 heterocycles. The summed E-state index contributed by atoms with van der Waals surface area (Å²) in [4.78, 5) is 28.7. The van der Waals surface area contributed by atoms with Gasteiger partial charge in [0, 0.05) is 11.8 Å². The van der Waals surface area contributed by atoms with Crippen molar-refractivity contribution in [1.29, 1.82) is 0 Å². The van der Waals surface area contributed by atoms with Gasteiger partial charge in [0.2, 0.25) is 5.91 Å². The number of nitrogens with one attached hydrogen (secondary N) is 1. The first-order valence-corrected chi connectivity index (χ1v) is 8.18. The quantitative estimate of drug-likeness (QED) is 0.864. The number of benzene rings is 1. The van der Waals surface area contributed by atoms with Crippen LogP contribution in [0.5, 0.6) is 0 Å². The second-order valence-corrected chi connectivity index (χ2v) is 6.14. The SMILES string of the molecule is COC(=O)c1ccnc(NC(=O)C2(c3ccccc3F)CCCC2)c1. The normalized spacial score (nSPS) is 15.6. The first kappa shape index (κ1) is 17.1. The van der Waals surface area contributed by atoms with Gasteiger partial charge in [-0.25, -0.2) is 14.2 Å². The Morgan fingerprint density at radius 2 is 1.92 bits per heavy atom. The molecule has 3 rings (SSSR count). The standard InChI is InChI=1S/C19H19FN2O3/c1-25-17(23)13-8-11-21-16(12-13)22-18(24)19(9-4-5-10-19)14-6-2-3-7-15(14)20/h2-3,6-8,11-12H,4-5,9-10H2,1H3,(H,21,22,24). The van der Waals surface area contributed by atoms with Crippen LogP contribution in [0.15, 0.2) is 42.6 Å². The number of carbonyl (C=O) groups excluding carboxylic acids is 2. The number of pyridine rings is 1. The van der Waals surface area contributed by atoms with Crippen molar-refractivity contribution in [3.63, 3.8) is 0 Å². The summed E-state index contributed by atoms with van der Waals surface area (Å²) in [6, 6.07) is 9.34. The molecule has 5 nitrogen and oxygen atoms in total. The summed E-state index contributed by atoms with van der Waals surface area (Å²) in [5, 5.41) is 2.75. The van der Waals surface area contributed by atoms with Gasteiger partial charge < -0.3 is 10.1 Å². The molecular formula is C19H19FN2O3. The molecule has 0 aliphatic heterocycles. The van der Waals surface area contributed by atoms with Crippen molar-refractivity contribution in [2.75, 3.05) is 12.4 Å². The summed E-state index contributed by atoms with van der Waals surface area (Å²) >= 11 is 0. The van der Waals surface area contributed by atoms with E-state index in [2.05, 4.69) is 15.0 Å². The van der Waals surface area contributed by atoms with Crippen molar-refractivity contribution in [3.05, 3.63) is 59.5 Å². The summed E-state index contributed by atoms with van der Waals surface area (Å²) in [7, 11) is 1.28. The van der Waals surface area contributed by atoms with Crippen LogP contribution in [0.2, 0.25) is 0 Å². The summed E-state index contributed by atoms with van der Waals surface area (Å²) in [6.45, 7) is 0. The number of hydrogen-bond acceptors (Lipinski definition) is 4. The molecule has 1 aromatic heterocycles. The van der Waals surface area contributed by atoms with Crippen LogP contribution in [0.4, 0.5) is 10.2 Å². The monoisotopic (exact) mass is 342 g/mol. The highest BCUT2D eigenvalue weighted by molar-refractivity contribution is 5.99. The Morgan fingerprint density at radius 1 is 1.20 bits per heavy atom. The van der Waals surface area contributed by atoms with E-state index < -0.39 is 11.4 Å². The Kier molecular flexibility index (Phi) is 4.79. The molecule has 1 aliphatic carbocycles. The van der Waals surface area contributed by atoms with Crippen LogP contribution >= 0.6 is 0 Å². The Morgan fingerprint density at radius 3 is 2.60 bits per heavy atom. The van der Waals surface area contributed by atoms with Gasteiger partial charge in [-0.05, 0) is 31.0 Å². The molecule has 0 radical (unpaired) electrons. The fourth-order valence-corrected chi connectivity index (χ4v) is 3.43. The van der Waals surface area contributed by atoms with Gasteiger partial charge in [0.05, 0.1) is 18.1 Å². The Labute approximate surface area is 145 Å². The number of hydrogen-bond donors (Lipinski definition) is 1. The predicted octanol–water partition coefficient (Wildman–Crippen LogP) is 3.46. The lowest BCUT2D eigenvalue weighted by Gasteiger charge is -2.28. The van der Waals surface area contributed by atoms with Crippen molar-refractivity contribution < 1.29 is 18.7 Å². The van der Waals surface area contributed by atoms with E-state index in [1.165, 1.54) is 31.5 Å². The van der Waals surface area contributed by atoms with Gasteiger partial charge in [-0.3, -0.25) is 4.79 Å². The number of rotatable bonds is 4. The number of esters is 1. The molecule has 2 aromatic rings. The van der Waals surface area contributed by atoms with Crippen molar-refractivity contribution in [1.82, 2.24) is 4.98 Å². The van der Waals surface area contributed by atoms with Gasteiger partial charge in [0.1, 0.15) is 11.6 Å². The second kappa shape index (κ2) is 7.01. The molecule has 0 unspecified atom stereocenters. The molecule has 130 valence electrons. The summed E-state index contributed by atoms with van der Waals surface area (Å²) < 4.78 is 19.0. The van der Waals surface area contributed by atoms with E-state index in [-0.39, 0.29) is 17.5 Å². The molecule has 1 fully saturated rings. The van der Waals surface area contributed by atoms with Crippen LogP contribution in [-0.4, -0.2) is 24.0 Å². The molecule has 1 amide bonds. The zero-order valence-electron chi connectivity index (χ0n) is 13.9. The molecule has 1 N–H and O–H groups in total. The summed E-state index contributed by atoms with van der Waals surface area (Å²) in [6.07, 6.45) is 4.30. The molecule has 0 atom stereocenters. The van der Waals surface area contributed by atoms with E-state index >= 15 is 0 Å². The lowest BCUT2D eigenvalue weighted by atomic mass is 9.77. The third-order valence-corrected chi connectivity index (χ3v) is 4.70. The fourth-order valence-electron chi connectivity index (χ4n) is 3.43. The van der Waals surface area contributed by atoms with Crippen molar-refractivity contribution in [2.24, 2.45) is 0 Å². The molecular weight excluding hydrogens is 323 g/mol. The predicted molar refractivity (Wildman–Crippen MR) is 90.8 cm³/mol. The van der Waals surface area contributed by atoms with Crippen LogP contribution < -0.4 is 5.32 Å². The zero-order chi connectivity index (χ0) is 17.9. The number of amides is 1. The Balaban J connectivity index is 1.91. The van der Waals surface area contributed by atoms with Gasteiger partial charge in [-0.2, -0.15) is 0 Å². The number of ether oxygens (including phenoxy) is 1. The van der Waals surface area contributed by atoms with Crippen LogP contribution in [0.1, 0.15) is 41.6 Å². The van der Waals surface area contributed by atoms with Gasteiger partial charge in [-0.1, -0.05) is 31.0 Å². The smallest absolute Gasteiger partial charge is 0.338 e. The zero-order valence-corrected chi connectivity index (χ0v) is 13.9. The van der Waals surface area contributed by atoms with Gasteiger partial charge in [-0.15, -0.1) is 0 Å². The highest BCUT2D eigenvalue weighted by Gasteiger charge is 2.44. The first-order chi connectivity index (χ1) is 12.1. The highest BCUT2D eigenvalue weighted by atomic mass is 19.1. The van der Waals surface area contributed by atoms with Gasteiger partial charge >= 0.3 is 5.97 Å². The summed E-state index contributed by atoms with van der Waals surface area (Å²) in [5.41, 5.74) is -0.206. The fraction of sp³-hybridized carbons (Fsp3) is 0.316. The number of aromatic nitrogens is 1. The van der Waals surface area contributed by atoms with Crippen LogP contribution in [0.25, 0.3) is 0 Å². The van der Waals surface area contributed by atoms with E-state index in [9.17, 15) is 14.0 Å². The third-order valence-electron chi connectivity index (χ3n) is 4.70. The van der Waals surface area contributed by atoms with E-state index in [0.29, 0.717) is 24.0 Å². The van der Waals surface area contributed by atoms with Crippen LogP contribution in [0, 0.1) is 5.82 Å². The summed E-state index contributed by atoms with van der Waals surface area (Å²) in [5.74, 6) is -0.946. The topological polar surface area (TPSA) is 68.3 Å². The van der Waals surface area contributed by atoms with Crippen LogP contribution in [0.3, 0.4) is 0 Å². The third kappa shape index (κ3) is 3.24. The van der Waals surface area contributed by atoms with E-state index in [1.54, 1.807) is 18.2 Å². The average molecular weight is 342 g/mol. The van der Waals surface area contributed by atoms with E-state index in [1.807, 2.05) is 0 Å².